The van der Waals surface area contributed by atoms with Crippen molar-refractivity contribution in [3.63, 3.8) is 0 Å². The van der Waals surface area contributed by atoms with Crippen LogP contribution < -0.4 is 20.0 Å². The summed E-state index contributed by atoms with van der Waals surface area (Å²) >= 11 is 0. The predicted molar refractivity (Wildman–Crippen MR) is 163 cm³/mol. The Labute approximate surface area is 235 Å². The average Bonchev–Trinajstić information content (AvgIpc) is 3.01. The fraction of sp³-hybridized carbons (Fsp3) is 0.250. The fourth-order valence-corrected chi connectivity index (χ4v) is 5.11. The first-order chi connectivity index (χ1) is 19.7. The average molecular weight is 531 g/mol. The van der Waals surface area contributed by atoms with Crippen LogP contribution in [0.25, 0.3) is 22.4 Å². The molecule has 0 unspecified atom stereocenters. The van der Waals surface area contributed by atoms with Gasteiger partial charge in [0.05, 0.1) is 0 Å². The molecule has 1 saturated heterocycles. The van der Waals surface area contributed by atoms with E-state index in [0.29, 0.717) is 30.2 Å². The van der Waals surface area contributed by atoms with Gasteiger partial charge in [-0.1, -0.05) is 91.0 Å². The molecule has 8 heteroatoms. The third kappa shape index (κ3) is 5.58. The van der Waals surface area contributed by atoms with Gasteiger partial charge in [0, 0.05) is 58.9 Å². The van der Waals surface area contributed by atoms with Gasteiger partial charge in [-0.25, -0.2) is 9.97 Å². The number of hydrogen-bond acceptors (Lipinski definition) is 8. The second-order valence-electron chi connectivity index (χ2n) is 10.2. The largest absolute Gasteiger partial charge is 0.353 e. The molecule has 0 bridgehead atoms. The summed E-state index contributed by atoms with van der Waals surface area (Å²) in [6.07, 6.45) is 0. The van der Waals surface area contributed by atoms with E-state index in [1.807, 2.05) is 30.3 Å². The van der Waals surface area contributed by atoms with Crippen molar-refractivity contribution in [1.29, 1.82) is 0 Å². The minimum Gasteiger partial charge on any atom is -0.353 e. The number of nitrogens with one attached hydrogen (secondary N) is 1. The lowest BCUT2D eigenvalue weighted by Crippen LogP contribution is -2.44. The summed E-state index contributed by atoms with van der Waals surface area (Å²) in [7, 11) is 4.13. The monoisotopic (exact) mass is 530 g/mol. The van der Waals surface area contributed by atoms with Gasteiger partial charge < -0.3 is 20.0 Å². The van der Waals surface area contributed by atoms with Crippen molar-refractivity contribution in [2.75, 3.05) is 55.0 Å². The van der Waals surface area contributed by atoms with E-state index < -0.39 is 0 Å². The molecule has 3 heterocycles. The zero-order valence-electron chi connectivity index (χ0n) is 23.0. The minimum atomic E-state index is 0.605. The Morgan fingerprint density at radius 3 is 1.80 bits per heavy atom. The maximum Gasteiger partial charge on any atom is 0.229 e. The van der Waals surface area contributed by atoms with Gasteiger partial charge in [-0.2, -0.15) is 9.97 Å². The zero-order valence-corrected chi connectivity index (χ0v) is 23.0. The van der Waals surface area contributed by atoms with Crippen LogP contribution >= 0.6 is 0 Å². The number of piperazine rings is 1. The lowest BCUT2D eigenvalue weighted by Gasteiger charge is -2.29. The van der Waals surface area contributed by atoms with Gasteiger partial charge in [-0.15, -0.1) is 0 Å². The molecular weight excluding hydrogens is 496 g/mol. The minimum absolute atomic E-state index is 0.605. The summed E-state index contributed by atoms with van der Waals surface area (Å²) in [5.74, 6) is 2.27. The lowest BCUT2D eigenvalue weighted by atomic mass is 10.1. The van der Waals surface area contributed by atoms with Crippen molar-refractivity contribution in [2.24, 2.45) is 0 Å². The molecule has 8 nitrogen and oxygen atoms in total. The Morgan fingerprint density at radius 2 is 1.20 bits per heavy atom. The van der Waals surface area contributed by atoms with Gasteiger partial charge >= 0.3 is 0 Å². The van der Waals surface area contributed by atoms with Crippen LogP contribution in [0, 0.1) is 0 Å². The third-order valence-corrected chi connectivity index (χ3v) is 7.18. The number of rotatable bonds is 8. The molecule has 40 heavy (non-hydrogen) atoms. The van der Waals surface area contributed by atoms with Crippen LogP contribution in [-0.2, 0) is 13.1 Å². The van der Waals surface area contributed by atoms with Gasteiger partial charge in [0.15, 0.2) is 22.8 Å². The Bertz CT molecular complexity index is 1550. The molecule has 0 atom stereocenters. The lowest BCUT2D eigenvalue weighted by molar-refractivity contribution is 0.580. The number of benzene rings is 3. The van der Waals surface area contributed by atoms with Crippen molar-refractivity contribution in [3.05, 3.63) is 102 Å². The molecule has 0 aliphatic carbocycles. The smallest absolute Gasteiger partial charge is 0.229 e. The van der Waals surface area contributed by atoms with Gasteiger partial charge in [0.2, 0.25) is 5.95 Å². The number of nitrogens with zero attached hydrogens (tertiary/aromatic N) is 7. The Balaban J connectivity index is 1.51. The Morgan fingerprint density at radius 1 is 0.650 bits per heavy atom. The van der Waals surface area contributed by atoms with Crippen LogP contribution in [0.5, 0.6) is 0 Å². The van der Waals surface area contributed by atoms with E-state index in [2.05, 4.69) is 94.8 Å². The van der Waals surface area contributed by atoms with Gasteiger partial charge in [0.25, 0.3) is 0 Å². The number of anilines is 3. The summed E-state index contributed by atoms with van der Waals surface area (Å²) in [4.78, 5) is 27.1. The van der Waals surface area contributed by atoms with E-state index in [9.17, 15) is 0 Å². The summed E-state index contributed by atoms with van der Waals surface area (Å²) in [5, 5.41) is 3.42. The molecule has 6 rings (SSSR count). The molecule has 3 aromatic carbocycles. The third-order valence-electron chi connectivity index (χ3n) is 7.18. The highest BCUT2D eigenvalue weighted by Crippen LogP contribution is 2.33. The van der Waals surface area contributed by atoms with E-state index in [1.54, 1.807) is 0 Å². The van der Waals surface area contributed by atoms with Crippen molar-refractivity contribution in [1.82, 2.24) is 25.3 Å². The molecule has 1 aliphatic rings. The molecular formula is C32H34N8. The number of aromatic nitrogens is 4. The van der Waals surface area contributed by atoms with Gasteiger partial charge in [-0.05, 0) is 11.1 Å². The van der Waals surface area contributed by atoms with Crippen LogP contribution in [0.1, 0.15) is 11.1 Å². The first kappa shape index (κ1) is 25.7. The van der Waals surface area contributed by atoms with Crippen molar-refractivity contribution in [3.8, 4) is 11.3 Å². The molecule has 1 fully saturated rings. The summed E-state index contributed by atoms with van der Waals surface area (Å²) in [6, 6.07) is 31.1. The molecule has 1 N–H and O–H groups in total. The molecule has 2 aromatic heterocycles. The zero-order chi connectivity index (χ0) is 27.3. The van der Waals surface area contributed by atoms with E-state index in [0.717, 1.165) is 49.1 Å². The van der Waals surface area contributed by atoms with Crippen molar-refractivity contribution in [2.45, 2.75) is 13.1 Å². The summed E-state index contributed by atoms with van der Waals surface area (Å²) in [6.45, 7) is 4.91. The highest BCUT2D eigenvalue weighted by atomic mass is 15.3. The quantitative estimate of drug-likeness (QED) is 0.308. The molecule has 0 radical (unpaired) electrons. The maximum atomic E-state index is 5.26. The summed E-state index contributed by atoms with van der Waals surface area (Å²) in [5.41, 5.74) is 5.55. The van der Waals surface area contributed by atoms with Crippen LogP contribution in [0.3, 0.4) is 0 Å². The second-order valence-corrected chi connectivity index (χ2v) is 10.2. The second kappa shape index (κ2) is 11.7. The fourth-order valence-electron chi connectivity index (χ4n) is 5.11. The highest BCUT2D eigenvalue weighted by Gasteiger charge is 2.23. The Kier molecular flexibility index (Phi) is 7.50. The van der Waals surface area contributed by atoms with Gasteiger partial charge in [-0.3, -0.25) is 0 Å². The van der Waals surface area contributed by atoms with Crippen molar-refractivity contribution >= 4 is 28.7 Å². The van der Waals surface area contributed by atoms with E-state index in [-0.39, 0.29) is 0 Å². The van der Waals surface area contributed by atoms with E-state index in [1.165, 1.54) is 11.1 Å². The van der Waals surface area contributed by atoms with Gasteiger partial charge in [0.1, 0.15) is 5.69 Å². The number of fused-ring (bicyclic) bond motifs is 1. The van der Waals surface area contributed by atoms with E-state index >= 15 is 0 Å². The number of hydrogen-bond donors (Lipinski definition) is 1. The predicted octanol–water partition coefficient (Wildman–Crippen LogP) is 4.77. The molecule has 1 aliphatic heterocycles. The standard InChI is InChI=1S/C32H34N8/c1-38(22-24-12-6-3-7-13-24)30-27(26-16-10-5-11-17-26)34-28-29(35-30)36-32(40-20-18-33-19-21-40)37-31(28)39(2)23-25-14-8-4-9-15-25/h3-17,33H,18-23H2,1-2H3. The topological polar surface area (TPSA) is 73.3 Å². The summed E-state index contributed by atoms with van der Waals surface area (Å²) < 4.78 is 0. The first-order valence-electron chi connectivity index (χ1n) is 13.8. The highest BCUT2D eigenvalue weighted by molar-refractivity contribution is 5.89. The van der Waals surface area contributed by atoms with E-state index in [4.69, 9.17) is 19.9 Å². The van der Waals surface area contributed by atoms with Crippen LogP contribution in [0.2, 0.25) is 0 Å². The SMILES string of the molecule is CN(Cc1ccccc1)c1nc2nc(N3CCNCC3)nc(N(C)Cc3ccccc3)c2nc1-c1ccccc1. The molecule has 0 spiro atoms. The Hall–Kier alpha value is -4.56. The van der Waals surface area contributed by atoms with Crippen LogP contribution in [0.4, 0.5) is 17.6 Å². The molecule has 5 aromatic rings. The molecule has 202 valence electrons. The first-order valence-corrected chi connectivity index (χ1v) is 13.8. The molecule has 0 saturated carbocycles. The van der Waals surface area contributed by atoms with Crippen LogP contribution in [0.15, 0.2) is 91.0 Å². The normalized spacial score (nSPS) is 13.4. The van der Waals surface area contributed by atoms with Crippen molar-refractivity contribution < 1.29 is 0 Å². The maximum absolute atomic E-state index is 5.26. The van der Waals surface area contributed by atoms with Crippen LogP contribution in [-0.4, -0.2) is 60.2 Å². The molecule has 0 amide bonds.